The molecule has 0 aromatic heterocycles. The van der Waals surface area contributed by atoms with Gasteiger partial charge in [-0.3, -0.25) is 4.79 Å². The number of carbonyl (C=O) groups is 1. The van der Waals surface area contributed by atoms with Crippen molar-refractivity contribution in [2.45, 2.75) is 56.3 Å². The van der Waals surface area contributed by atoms with Gasteiger partial charge in [-0.2, -0.15) is 0 Å². The predicted molar refractivity (Wildman–Crippen MR) is 92.1 cm³/mol. The number of likely N-dealkylation sites (tertiary alicyclic amines) is 1. The molecule has 2 bridgehead atoms. The van der Waals surface area contributed by atoms with Crippen molar-refractivity contribution >= 4 is 5.97 Å². The maximum atomic E-state index is 11.7. The molecule has 4 aliphatic rings. The molecule has 2 aliphatic heterocycles. The minimum atomic E-state index is -0.216. The lowest BCUT2D eigenvalue weighted by Crippen LogP contribution is -2.66. The van der Waals surface area contributed by atoms with Crippen LogP contribution in [0.25, 0.3) is 0 Å². The third-order valence-corrected chi connectivity index (χ3v) is 7.06. The van der Waals surface area contributed by atoms with Crippen LogP contribution in [0.1, 0.15) is 37.3 Å². The third kappa shape index (κ3) is 1.85. The third-order valence-electron chi connectivity index (χ3n) is 7.06. The van der Waals surface area contributed by atoms with Gasteiger partial charge in [-0.15, -0.1) is 0 Å². The highest BCUT2D eigenvalue weighted by Gasteiger charge is 2.66. The minimum absolute atomic E-state index is 0.0347. The smallest absolute Gasteiger partial charge is 0.303 e. The first-order chi connectivity index (χ1) is 12.1. The average Bonchev–Trinajstić information content (AvgIpc) is 2.94. The Hall–Kier alpha value is -1.75. The summed E-state index contributed by atoms with van der Waals surface area (Å²) in [5.74, 6) is 2.05. The van der Waals surface area contributed by atoms with Crippen LogP contribution >= 0.6 is 0 Å². The van der Waals surface area contributed by atoms with E-state index < -0.39 is 0 Å². The van der Waals surface area contributed by atoms with Crippen molar-refractivity contribution < 1.29 is 19.0 Å². The molecule has 1 saturated heterocycles. The van der Waals surface area contributed by atoms with Crippen molar-refractivity contribution in [1.82, 2.24) is 4.90 Å². The highest BCUT2D eigenvalue weighted by molar-refractivity contribution is 5.67. The van der Waals surface area contributed by atoms with Crippen LogP contribution in [0.15, 0.2) is 12.1 Å². The molecule has 2 aliphatic carbocycles. The molecule has 0 amide bonds. The molecule has 5 heteroatoms. The number of rotatable bonds is 2. The topological polar surface area (TPSA) is 48.0 Å². The van der Waals surface area contributed by atoms with E-state index in [1.54, 1.807) is 7.11 Å². The first kappa shape index (κ1) is 15.5. The van der Waals surface area contributed by atoms with Gasteiger partial charge < -0.3 is 19.1 Å². The fraction of sp³-hybridized carbons (Fsp3) is 0.650. The van der Waals surface area contributed by atoms with Gasteiger partial charge >= 0.3 is 5.97 Å². The number of nitrogens with zero attached hydrogens (tertiary/aromatic N) is 1. The van der Waals surface area contributed by atoms with E-state index >= 15 is 0 Å². The van der Waals surface area contributed by atoms with Crippen molar-refractivity contribution in [2.24, 2.45) is 5.92 Å². The molecule has 1 saturated carbocycles. The molecule has 0 unspecified atom stereocenters. The summed E-state index contributed by atoms with van der Waals surface area (Å²) in [7, 11) is 3.94. The van der Waals surface area contributed by atoms with Gasteiger partial charge in [-0.1, -0.05) is 6.07 Å². The van der Waals surface area contributed by atoms with Gasteiger partial charge in [0, 0.05) is 23.9 Å². The summed E-state index contributed by atoms with van der Waals surface area (Å²) in [4.78, 5) is 14.2. The largest absolute Gasteiger partial charge is 0.493 e. The zero-order valence-corrected chi connectivity index (χ0v) is 15.1. The van der Waals surface area contributed by atoms with Gasteiger partial charge in [0.15, 0.2) is 11.5 Å². The van der Waals surface area contributed by atoms with E-state index in [0.717, 1.165) is 43.7 Å². The summed E-state index contributed by atoms with van der Waals surface area (Å²) in [5.41, 5.74) is 2.70. The summed E-state index contributed by atoms with van der Waals surface area (Å²) >= 11 is 0. The fourth-order valence-corrected chi connectivity index (χ4v) is 6.17. The molecule has 0 radical (unpaired) electrons. The second kappa shape index (κ2) is 5.13. The lowest BCUT2D eigenvalue weighted by atomic mass is 9.51. The molecule has 1 aromatic rings. The molecule has 1 spiro atoms. The molecule has 5 atom stereocenters. The number of ether oxygens (including phenoxy) is 3. The first-order valence-electron chi connectivity index (χ1n) is 9.30. The van der Waals surface area contributed by atoms with Crippen molar-refractivity contribution in [3.8, 4) is 11.5 Å². The van der Waals surface area contributed by atoms with Crippen LogP contribution in [0.4, 0.5) is 0 Å². The van der Waals surface area contributed by atoms with Gasteiger partial charge in [-0.05, 0) is 56.8 Å². The molecule has 5 rings (SSSR count). The van der Waals surface area contributed by atoms with Crippen LogP contribution < -0.4 is 9.47 Å². The lowest BCUT2D eigenvalue weighted by Gasteiger charge is -2.58. The van der Waals surface area contributed by atoms with Gasteiger partial charge in [0.05, 0.1) is 7.11 Å². The summed E-state index contributed by atoms with van der Waals surface area (Å²) in [6, 6.07) is 4.78. The Labute approximate surface area is 148 Å². The van der Waals surface area contributed by atoms with Crippen molar-refractivity contribution in [1.29, 1.82) is 0 Å². The SMILES string of the molecule is COc1ccc2c3c1O[C@@H]1[C@@H](OC(C)=O)CC[C@H]4[C@@H](C2)N(C)CC[C@]314. The number of hydrogen-bond acceptors (Lipinski definition) is 5. The van der Waals surface area contributed by atoms with E-state index in [1.807, 2.05) is 6.07 Å². The first-order valence-corrected chi connectivity index (χ1v) is 9.30. The number of piperidine rings is 1. The number of benzene rings is 1. The van der Waals surface area contributed by atoms with Crippen molar-refractivity contribution in [3.63, 3.8) is 0 Å². The van der Waals surface area contributed by atoms with Crippen LogP contribution in [-0.2, 0) is 21.4 Å². The Morgan fingerprint density at radius 3 is 2.96 bits per heavy atom. The Bertz CT molecular complexity index is 747. The lowest BCUT2D eigenvalue weighted by molar-refractivity contribution is -0.163. The molecular weight excluding hydrogens is 318 g/mol. The van der Waals surface area contributed by atoms with Crippen LogP contribution in [0.5, 0.6) is 11.5 Å². The number of esters is 1. The highest BCUT2D eigenvalue weighted by Crippen LogP contribution is 2.64. The van der Waals surface area contributed by atoms with Gasteiger partial charge in [0.25, 0.3) is 0 Å². The number of methoxy groups -OCH3 is 1. The van der Waals surface area contributed by atoms with E-state index in [-0.39, 0.29) is 23.6 Å². The number of carbonyl (C=O) groups excluding carboxylic acids is 1. The molecule has 5 nitrogen and oxygen atoms in total. The molecule has 134 valence electrons. The van der Waals surface area contributed by atoms with Crippen molar-refractivity contribution in [2.75, 3.05) is 20.7 Å². The van der Waals surface area contributed by atoms with Gasteiger partial charge in [-0.25, -0.2) is 0 Å². The molecule has 1 aromatic carbocycles. The monoisotopic (exact) mass is 343 g/mol. The Kier molecular flexibility index (Phi) is 3.18. The van der Waals surface area contributed by atoms with E-state index in [4.69, 9.17) is 14.2 Å². The Morgan fingerprint density at radius 1 is 1.36 bits per heavy atom. The maximum Gasteiger partial charge on any atom is 0.303 e. The second-order valence-corrected chi connectivity index (χ2v) is 8.04. The highest BCUT2D eigenvalue weighted by atomic mass is 16.6. The zero-order valence-electron chi connectivity index (χ0n) is 15.1. The van der Waals surface area contributed by atoms with Gasteiger partial charge in [0.1, 0.15) is 12.2 Å². The normalized spacial score (nSPS) is 37.9. The molecular formula is C20H25NO4. The fourth-order valence-electron chi connectivity index (χ4n) is 6.17. The average molecular weight is 343 g/mol. The molecule has 0 N–H and O–H groups in total. The standard InChI is InChI=1S/C20H25NO4/c1-11(22)24-16-7-5-13-14-10-12-4-6-15(23-3)18-17(12)20(13,19(16)25-18)8-9-21(14)2/h4,6,13-14,16,19H,5,7-10H2,1-3H3/t13-,14+,16-,19+,20-/m0/s1. The number of likely N-dealkylation sites (N-methyl/N-ethyl adjacent to an activating group) is 1. The van der Waals surface area contributed by atoms with E-state index in [0.29, 0.717) is 12.0 Å². The maximum absolute atomic E-state index is 11.7. The second-order valence-electron chi connectivity index (χ2n) is 8.04. The molecule has 25 heavy (non-hydrogen) atoms. The predicted octanol–water partition coefficient (Wildman–Crippen LogP) is 2.30. The molecule has 2 fully saturated rings. The number of hydrogen-bond donors (Lipinski definition) is 0. The van der Waals surface area contributed by atoms with E-state index in [1.165, 1.54) is 18.1 Å². The van der Waals surface area contributed by atoms with E-state index in [9.17, 15) is 4.79 Å². The van der Waals surface area contributed by atoms with Crippen LogP contribution in [0.2, 0.25) is 0 Å². The Morgan fingerprint density at radius 2 is 2.20 bits per heavy atom. The molecule has 2 heterocycles. The van der Waals surface area contributed by atoms with Crippen molar-refractivity contribution in [3.05, 3.63) is 23.3 Å². The van der Waals surface area contributed by atoms with Gasteiger partial charge in [0.2, 0.25) is 0 Å². The quantitative estimate of drug-likeness (QED) is 0.771. The minimum Gasteiger partial charge on any atom is -0.493 e. The van der Waals surface area contributed by atoms with E-state index in [2.05, 4.69) is 18.0 Å². The van der Waals surface area contributed by atoms with Crippen LogP contribution in [-0.4, -0.2) is 49.8 Å². The summed E-state index contributed by atoms with van der Waals surface area (Å²) in [6.07, 6.45) is 3.84. The summed E-state index contributed by atoms with van der Waals surface area (Å²) < 4.78 is 17.9. The van der Waals surface area contributed by atoms with Crippen LogP contribution in [0.3, 0.4) is 0 Å². The summed E-state index contributed by atoms with van der Waals surface area (Å²) in [5, 5.41) is 0. The zero-order chi connectivity index (χ0) is 17.3. The summed E-state index contributed by atoms with van der Waals surface area (Å²) in [6.45, 7) is 2.56. The van der Waals surface area contributed by atoms with Crippen LogP contribution in [0, 0.1) is 5.92 Å². The Balaban J connectivity index is 1.71.